The maximum atomic E-state index is 12.1. The van der Waals surface area contributed by atoms with Crippen LogP contribution in [0.25, 0.3) is 0 Å². The van der Waals surface area contributed by atoms with Gasteiger partial charge in [-0.2, -0.15) is 0 Å². The fourth-order valence-corrected chi connectivity index (χ4v) is 3.82. The summed E-state index contributed by atoms with van der Waals surface area (Å²) in [5.74, 6) is 1.21. The van der Waals surface area contributed by atoms with Crippen LogP contribution in [0.15, 0.2) is 17.2 Å². The molecule has 1 aromatic heterocycles. The van der Waals surface area contributed by atoms with E-state index in [1.54, 1.807) is 12.3 Å². The van der Waals surface area contributed by atoms with Crippen LogP contribution >= 0.6 is 0 Å². The van der Waals surface area contributed by atoms with E-state index in [0.717, 1.165) is 24.5 Å². The molecule has 0 bridgehead atoms. The molecule has 2 unspecified atom stereocenters. The number of nitrogens with one attached hydrogen (secondary N) is 3. The van der Waals surface area contributed by atoms with E-state index in [2.05, 4.69) is 21.9 Å². The molecule has 0 amide bonds. The number of hydrogen-bond donors (Lipinski definition) is 3. The zero-order chi connectivity index (χ0) is 13.9. The van der Waals surface area contributed by atoms with Gasteiger partial charge < -0.3 is 10.3 Å². The van der Waals surface area contributed by atoms with Gasteiger partial charge in [0.05, 0.1) is 4.90 Å². The van der Waals surface area contributed by atoms with Gasteiger partial charge in [-0.15, -0.1) is 0 Å². The summed E-state index contributed by atoms with van der Waals surface area (Å²) in [6, 6.07) is 1.68. The lowest BCUT2D eigenvalue weighted by Crippen LogP contribution is -2.28. The summed E-state index contributed by atoms with van der Waals surface area (Å²) in [5.41, 5.74) is 0.873. The Labute approximate surface area is 115 Å². The van der Waals surface area contributed by atoms with Gasteiger partial charge in [0.2, 0.25) is 10.0 Å². The molecular weight excluding hydrogens is 262 g/mol. The number of aromatic amines is 1. The van der Waals surface area contributed by atoms with E-state index >= 15 is 0 Å². The molecule has 3 N–H and O–H groups in total. The van der Waals surface area contributed by atoms with Crippen molar-refractivity contribution in [3.8, 4) is 0 Å². The van der Waals surface area contributed by atoms with Crippen LogP contribution in [0, 0.1) is 11.8 Å². The summed E-state index contributed by atoms with van der Waals surface area (Å²) < 4.78 is 27.0. The first-order valence-corrected chi connectivity index (χ1v) is 8.31. The SMILES string of the molecule is CNCc1cc(S(=O)(=O)NCC2CCC(C)C2)c[nH]1. The van der Waals surface area contributed by atoms with Gasteiger partial charge in [0, 0.05) is 25.0 Å². The first kappa shape index (κ1) is 14.6. The van der Waals surface area contributed by atoms with Gasteiger partial charge in [-0.05, 0) is 37.8 Å². The molecule has 5 nitrogen and oxygen atoms in total. The van der Waals surface area contributed by atoms with Crippen molar-refractivity contribution in [2.24, 2.45) is 11.8 Å². The van der Waals surface area contributed by atoms with Crippen molar-refractivity contribution in [1.29, 1.82) is 0 Å². The van der Waals surface area contributed by atoms with Crippen LogP contribution in [0.3, 0.4) is 0 Å². The lowest BCUT2D eigenvalue weighted by atomic mass is 10.1. The highest BCUT2D eigenvalue weighted by atomic mass is 32.2. The Balaban J connectivity index is 1.93. The van der Waals surface area contributed by atoms with Gasteiger partial charge >= 0.3 is 0 Å². The molecule has 0 spiro atoms. The molecule has 108 valence electrons. The number of H-pyrrole nitrogens is 1. The molecule has 19 heavy (non-hydrogen) atoms. The third-order valence-corrected chi connectivity index (χ3v) is 5.16. The summed E-state index contributed by atoms with van der Waals surface area (Å²) in [7, 11) is -1.54. The highest BCUT2D eigenvalue weighted by Crippen LogP contribution is 2.29. The summed E-state index contributed by atoms with van der Waals surface area (Å²) in [6.45, 7) is 3.42. The Bertz CT molecular complexity index is 510. The minimum atomic E-state index is -3.37. The zero-order valence-electron chi connectivity index (χ0n) is 11.6. The molecule has 2 atom stereocenters. The number of hydrogen-bond acceptors (Lipinski definition) is 3. The van der Waals surface area contributed by atoms with Crippen molar-refractivity contribution >= 4 is 10.0 Å². The van der Waals surface area contributed by atoms with Crippen molar-refractivity contribution < 1.29 is 8.42 Å². The molecule has 0 aromatic carbocycles. The molecule has 6 heteroatoms. The van der Waals surface area contributed by atoms with Crippen LogP contribution < -0.4 is 10.0 Å². The molecule has 2 rings (SSSR count). The standard InChI is InChI=1S/C13H23N3O2S/c1-10-3-4-11(5-10)7-16-19(17,18)13-6-12(8-14-2)15-9-13/h6,9-11,14-16H,3-5,7-8H2,1-2H3. The molecule has 0 aliphatic heterocycles. The second-order valence-electron chi connectivity index (χ2n) is 5.53. The van der Waals surface area contributed by atoms with Crippen molar-refractivity contribution in [3.05, 3.63) is 18.0 Å². The van der Waals surface area contributed by atoms with Crippen LogP contribution in [0.1, 0.15) is 31.9 Å². The van der Waals surface area contributed by atoms with Gasteiger partial charge in [-0.1, -0.05) is 13.3 Å². The second-order valence-corrected chi connectivity index (χ2v) is 7.29. The summed E-state index contributed by atoms with van der Waals surface area (Å²) in [5, 5.41) is 2.98. The van der Waals surface area contributed by atoms with E-state index in [4.69, 9.17) is 0 Å². The Morgan fingerprint density at radius 2 is 2.21 bits per heavy atom. The fourth-order valence-electron chi connectivity index (χ4n) is 2.69. The van der Waals surface area contributed by atoms with Crippen molar-refractivity contribution in [2.45, 2.75) is 37.6 Å². The Morgan fingerprint density at radius 1 is 1.42 bits per heavy atom. The summed E-state index contributed by atoms with van der Waals surface area (Å²) in [4.78, 5) is 3.29. The fraction of sp³-hybridized carbons (Fsp3) is 0.692. The molecule has 1 aromatic rings. The van der Waals surface area contributed by atoms with Crippen LogP contribution in [-0.2, 0) is 16.6 Å². The topological polar surface area (TPSA) is 74.0 Å². The minimum Gasteiger partial charge on any atom is -0.363 e. The first-order valence-electron chi connectivity index (χ1n) is 6.83. The molecule has 1 fully saturated rings. The Morgan fingerprint density at radius 3 is 2.84 bits per heavy atom. The second kappa shape index (κ2) is 6.07. The largest absolute Gasteiger partial charge is 0.363 e. The minimum absolute atomic E-state index is 0.323. The van der Waals surface area contributed by atoms with Gasteiger partial charge in [0.25, 0.3) is 0 Å². The third-order valence-electron chi connectivity index (χ3n) is 3.76. The van der Waals surface area contributed by atoms with E-state index in [1.807, 2.05) is 7.05 Å². The molecule has 0 radical (unpaired) electrons. The summed E-state index contributed by atoms with van der Waals surface area (Å²) >= 11 is 0. The van der Waals surface area contributed by atoms with E-state index in [1.165, 1.54) is 6.42 Å². The van der Waals surface area contributed by atoms with Gasteiger partial charge in [-0.3, -0.25) is 0 Å². The highest BCUT2D eigenvalue weighted by molar-refractivity contribution is 7.89. The average Bonchev–Trinajstić information content (AvgIpc) is 2.97. The van der Waals surface area contributed by atoms with Gasteiger partial charge in [0.1, 0.15) is 0 Å². The molecule has 1 saturated carbocycles. The third kappa shape index (κ3) is 3.81. The smallest absolute Gasteiger partial charge is 0.242 e. The number of aromatic nitrogens is 1. The van der Waals surface area contributed by atoms with Gasteiger partial charge in [0.15, 0.2) is 0 Å². The van der Waals surface area contributed by atoms with Crippen molar-refractivity contribution in [2.75, 3.05) is 13.6 Å². The van der Waals surface area contributed by atoms with Gasteiger partial charge in [-0.25, -0.2) is 13.1 Å². The monoisotopic (exact) mass is 285 g/mol. The predicted molar refractivity (Wildman–Crippen MR) is 75.2 cm³/mol. The van der Waals surface area contributed by atoms with Crippen LogP contribution in [-0.4, -0.2) is 27.0 Å². The molecular formula is C13H23N3O2S. The van der Waals surface area contributed by atoms with Crippen molar-refractivity contribution in [1.82, 2.24) is 15.0 Å². The Hall–Kier alpha value is -0.850. The lowest BCUT2D eigenvalue weighted by molar-refractivity contribution is 0.498. The zero-order valence-corrected chi connectivity index (χ0v) is 12.4. The number of sulfonamides is 1. The first-order chi connectivity index (χ1) is 9.01. The molecule has 0 saturated heterocycles. The summed E-state index contributed by atoms with van der Waals surface area (Å²) in [6.07, 6.45) is 5.01. The maximum Gasteiger partial charge on any atom is 0.242 e. The lowest BCUT2D eigenvalue weighted by Gasteiger charge is -2.10. The van der Waals surface area contributed by atoms with Crippen LogP contribution in [0.2, 0.25) is 0 Å². The normalized spacial score (nSPS) is 23.9. The van der Waals surface area contributed by atoms with E-state index in [-0.39, 0.29) is 0 Å². The molecule has 1 aliphatic carbocycles. The Kier molecular flexibility index (Phi) is 4.65. The molecule has 1 aliphatic rings. The average molecular weight is 285 g/mol. The van der Waals surface area contributed by atoms with Crippen molar-refractivity contribution in [3.63, 3.8) is 0 Å². The maximum absolute atomic E-state index is 12.1. The van der Waals surface area contributed by atoms with Crippen LogP contribution in [0.5, 0.6) is 0 Å². The number of rotatable bonds is 6. The molecule has 1 heterocycles. The van der Waals surface area contributed by atoms with E-state index < -0.39 is 10.0 Å². The highest BCUT2D eigenvalue weighted by Gasteiger charge is 2.24. The predicted octanol–water partition coefficient (Wildman–Crippen LogP) is 1.45. The quantitative estimate of drug-likeness (QED) is 0.740. The van der Waals surface area contributed by atoms with E-state index in [9.17, 15) is 8.42 Å². The van der Waals surface area contributed by atoms with E-state index in [0.29, 0.717) is 23.9 Å². The van der Waals surface area contributed by atoms with Crippen LogP contribution in [0.4, 0.5) is 0 Å².